The third-order valence-corrected chi connectivity index (χ3v) is 8.72. The lowest BCUT2D eigenvalue weighted by molar-refractivity contribution is 0.102. The van der Waals surface area contributed by atoms with Crippen LogP contribution in [0.5, 0.6) is 5.75 Å². The van der Waals surface area contributed by atoms with Crippen molar-refractivity contribution in [2.45, 2.75) is 32.1 Å². The molecule has 0 unspecified atom stereocenters. The van der Waals surface area contributed by atoms with Crippen molar-refractivity contribution >= 4 is 38.7 Å². The first-order valence-electron chi connectivity index (χ1n) is 14.2. The van der Waals surface area contributed by atoms with Crippen molar-refractivity contribution < 1.29 is 17.9 Å². The zero-order valence-corrected chi connectivity index (χ0v) is 26.0. The Labute approximate surface area is 256 Å². The summed E-state index contributed by atoms with van der Waals surface area (Å²) < 4.78 is 34.4. The first-order valence-corrected chi connectivity index (χ1v) is 16.1. The number of methoxy groups -OCH3 is 1. The number of anilines is 3. The van der Waals surface area contributed by atoms with E-state index >= 15 is 0 Å². The van der Waals surface area contributed by atoms with Gasteiger partial charge in [0, 0.05) is 18.2 Å². The van der Waals surface area contributed by atoms with E-state index in [0.29, 0.717) is 11.3 Å². The second-order valence-corrected chi connectivity index (χ2v) is 13.3. The van der Waals surface area contributed by atoms with Crippen molar-refractivity contribution in [2.24, 2.45) is 7.05 Å². The monoisotopic (exact) mass is 613 g/mol. The molecule has 1 fully saturated rings. The number of hydrazine groups is 2. The van der Waals surface area contributed by atoms with Crippen molar-refractivity contribution in [1.82, 2.24) is 20.5 Å². The van der Waals surface area contributed by atoms with Crippen molar-refractivity contribution in [3.8, 4) is 17.1 Å². The van der Waals surface area contributed by atoms with Gasteiger partial charge in [-0.15, -0.1) is 5.53 Å². The molecule has 0 atom stereocenters. The van der Waals surface area contributed by atoms with Crippen LogP contribution in [0.4, 0.5) is 17.1 Å². The number of amides is 1. The smallest absolute Gasteiger partial charge is 0.255 e. The fourth-order valence-electron chi connectivity index (χ4n) is 5.34. The molecule has 4 N–H and O–H groups in total. The first-order chi connectivity index (χ1) is 21.0. The van der Waals surface area contributed by atoms with Gasteiger partial charge in [-0.1, -0.05) is 43.3 Å². The summed E-state index contributed by atoms with van der Waals surface area (Å²) in [5.74, 6) is 0.735. The van der Waals surface area contributed by atoms with Gasteiger partial charge in [0.2, 0.25) is 10.0 Å². The Hall–Kier alpha value is -4.81. The van der Waals surface area contributed by atoms with E-state index in [1.54, 1.807) is 18.2 Å². The lowest BCUT2D eigenvalue weighted by atomic mass is 9.96. The lowest BCUT2D eigenvalue weighted by Crippen LogP contribution is -2.36. The van der Waals surface area contributed by atoms with Gasteiger partial charge in [-0.05, 0) is 60.6 Å². The molecule has 2 aliphatic rings. The van der Waals surface area contributed by atoms with Crippen LogP contribution in [0.2, 0.25) is 0 Å². The van der Waals surface area contributed by atoms with Gasteiger partial charge in [0.1, 0.15) is 5.82 Å². The number of nitrogens with one attached hydrogen (secondary N) is 4. The highest BCUT2D eigenvalue weighted by molar-refractivity contribution is 7.92. The van der Waals surface area contributed by atoms with Crippen LogP contribution in [-0.2, 0) is 22.5 Å². The number of imidazole rings is 1. The Kier molecular flexibility index (Phi) is 7.34. The molecule has 0 radical (unpaired) electrons. The average Bonchev–Trinajstić information content (AvgIpc) is 3.37. The summed E-state index contributed by atoms with van der Waals surface area (Å²) in [6, 6.07) is 19.1. The van der Waals surface area contributed by atoms with Crippen molar-refractivity contribution in [3.05, 3.63) is 95.4 Å². The van der Waals surface area contributed by atoms with Crippen LogP contribution < -0.4 is 30.7 Å². The predicted molar refractivity (Wildman–Crippen MR) is 173 cm³/mol. The van der Waals surface area contributed by atoms with E-state index in [1.807, 2.05) is 78.4 Å². The number of hydrogen-bond acceptors (Lipinski definition) is 8. The van der Waals surface area contributed by atoms with Gasteiger partial charge in [-0.3, -0.25) is 20.0 Å². The lowest BCUT2D eigenvalue weighted by Gasteiger charge is -2.20. The Balaban J connectivity index is 1.28. The van der Waals surface area contributed by atoms with E-state index in [2.05, 4.69) is 32.9 Å². The average molecular weight is 614 g/mol. The van der Waals surface area contributed by atoms with Gasteiger partial charge in [0.15, 0.2) is 5.75 Å². The third-order valence-electron chi connectivity index (χ3n) is 8.13. The molecule has 1 aliphatic heterocycles. The second-order valence-electron chi connectivity index (χ2n) is 11.5. The molecule has 6 rings (SSSR count). The number of aryl methyl sites for hydroxylation is 1. The van der Waals surface area contributed by atoms with E-state index in [1.165, 1.54) is 7.11 Å². The zero-order valence-electron chi connectivity index (χ0n) is 25.2. The number of rotatable bonds is 9. The topological polar surface area (TPSA) is 130 Å². The molecule has 11 nitrogen and oxygen atoms in total. The van der Waals surface area contributed by atoms with Gasteiger partial charge in [0.05, 0.1) is 54.2 Å². The minimum absolute atomic E-state index is 0.0785. The van der Waals surface area contributed by atoms with Gasteiger partial charge in [0.25, 0.3) is 5.91 Å². The van der Waals surface area contributed by atoms with Crippen molar-refractivity contribution in [1.29, 1.82) is 0 Å². The molecule has 228 valence electrons. The first kappa shape index (κ1) is 29.3. The molecule has 3 aromatic carbocycles. The Morgan fingerprint density at radius 3 is 2.48 bits per heavy atom. The van der Waals surface area contributed by atoms with Crippen LogP contribution in [0.3, 0.4) is 0 Å². The molecule has 12 heteroatoms. The van der Waals surface area contributed by atoms with E-state index in [9.17, 15) is 13.2 Å². The molecular weight excluding hydrogens is 578 g/mol. The van der Waals surface area contributed by atoms with E-state index < -0.39 is 10.0 Å². The molecule has 0 bridgehead atoms. The van der Waals surface area contributed by atoms with Crippen LogP contribution in [0, 0.1) is 6.92 Å². The standard InChI is InChI=1S/C32H35N7O4S/c1-20-11-12-22(31(40)34-24-16-23(32(2)13-14-32)17-25(29(24)43-4)36-44(5,41)42)15-27(20)39-19-26(35-37-39)28-18-33-30(38(28)3)21-9-7-6-8-10-21/h6-12,15-19,35-37H,13-14H2,1-5H3,(H,34,40). The van der Waals surface area contributed by atoms with Crippen molar-refractivity contribution in [3.63, 3.8) is 0 Å². The third kappa shape index (κ3) is 5.73. The zero-order chi connectivity index (χ0) is 31.2. The molecule has 44 heavy (non-hydrogen) atoms. The molecule has 0 saturated heterocycles. The Morgan fingerprint density at radius 1 is 1.07 bits per heavy atom. The van der Waals surface area contributed by atoms with Crippen LogP contribution in [0.25, 0.3) is 17.1 Å². The molecule has 4 aromatic rings. The van der Waals surface area contributed by atoms with Gasteiger partial charge < -0.3 is 14.6 Å². The van der Waals surface area contributed by atoms with Crippen LogP contribution >= 0.6 is 0 Å². The summed E-state index contributed by atoms with van der Waals surface area (Å²) in [5.41, 5.74) is 12.8. The quantitative estimate of drug-likeness (QED) is 0.210. The predicted octanol–water partition coefficient (Wildman–Crippen LogP) is 4.91. The summed E-state index contributed by atoms with van der Waals surface area (Å²) in [4.78, 5) is 18.2. The number of benzene rings is 3. The maximum absolute atomic E-state index is 13.6. The number of ether oxygens (including phenoxy) is 1. The summed E-state index contributed by atoms with van der Waals surface area (Å²) >= 11 is 0. The molecule has 1 saturated carbocycles. The largest absolute Gasteiger partial charge is 0.492 e. The van der Waals surface area contributed by atoms with Crippen LogP contribution in [0.1, 0.15) is 46.9 Å². The summed E-state index contributed by atoms with van der Waals surface area (Å²) in [5, 5.41) is 4.78. The van der Waals surface area contributed by atoms with Crippen LogP contribution in [-0.4, -0.2) is 37.2 Å². The fourth-order valence-corrected chi connectivity index (χ4v) is 5.89. The Morgan fingerprint density at radius 2 is 1.80 bits per heavy atom. The second kappa shape index (κ2) is 11.0. The highest BCUT2D eigenvalue weighted by Gasteiger charge is 2.40. The molecular formula is C32H35N7O4S. The fraction of sp³-hybridized carbons (Fsp3) is 0.250. The number of carbonyl (C=O) groups is 1. The summed E-state index contributed by atoms with van der Waals surface area (Å²) in [6.45, 7) is 4.08. The number of aromatic nitrogens is 2. The number of sulfonamides is 1. The van der Waals surface area contributed by atoms with Gasteiger partial charge in [-0.25, -0.2) is 13.4 Å². The number of carbonyl (C=O) groups excluding carboxylic acids is 1. The number of hydrogen-bond donors (Lipinski definition) is 4. The molecule has 1 amide bonds. The number of nitrogens with zero attached hydrogens (tertiary/aromatic N) is 3. The molecule has 0 spiro atoms. The van der Waals surface area contributed by atoms with E-state index in [4.69, 9.17) is 4.74 Å². The molecule has 1 aromatic heterocycles. The summed E-state index contributed by atoms with van der Waals surface area (Å²) in [6.07, 6.45) is 6.78. The normalized spacial score (nSPS) is 15.4. The van der Waals surface area contributed by atoms with Crippen molar-refractivity contribution in [2.75, 3.05) is 28.4 Å². The highest BCUT2D eigenvalue weighted by atomic mass is 32.2. The van der Waals surface area contributed by atoms with Gasteiger partial charge in [-0.2, -0.15) is 0 Å². The maximum atomic E-state index is 13.6. The van der Waals surface area contributed by atoms with Crippen LogP contribution in [0.15, 0.2) is 73.1 Å². The Bertz CT molecular complexity index is 1900. The SMILES string of the molecule is COc1c(NC(=O)c2ccc(C)c(N3C=C(c4cnc(-c5ccccc5)n4C)NN3)c2)cc(C2(C)CC2)cc1NS(C)(=O)=O. The van der Waals surface area contributed by atoms with Gasteiger partial charge >= 0.3 is 0 Å². The van der Waals surface area contributed by atoms with E-state index in [-0.39, 0.29) is 22.8 Å². The summed E-state index contributed by atoms with van der Waals surface area (Å²) in [7, 11) is -0.167. The maximum Gasteiger partial charge on any atom is 0.255 e. The molecule has 2 heterocycles. The highest BCUT2D eigenvalue weighted by Crippen LogP contribution is 2.51. The minimum atomic E-state index is -3.58. The minimum Gasteiger partial charge on any atom is -0.492 e. The molecule has 1 aliphatic carbocycles. The van der Waals surface area contributed by atoms with E-state index in [0.717, 1.165) is 58.7 Å².